The van der Waals surface area contributed by atoms with Crippen molar-refractivity contribution in [1.29, 1.82) is 0 Å². The molecule has 1 aromatic carbocycles. The number of hydrogen-bond donors (Lipinski definition) is 1. The molecule has 132 valence electrons. The Morgan fingerprint density at radius 1 is 1.21 bits per heavy atom. The second-order valence-electron chi connectivity index (χ2n) is 7.89. The molecule has 0 amide bonds. The first kappa shape index (κ1) is 16.6. The number of ether oxygens (including phenoxy) is 1. The highest BCUT2D eigenvalue weighted by atomic mass is 32.2. The predicted octanol–water partition coefficient (Wildman–Crippen LogP) is 3.09. The summed E-state index contributed by atoms with van der Waals surface area (Å²) in [6.07, 6.45) is 8.10. The van der Waals surface area contributed by atoms with Crippen LogP contribution >= 0.6 is 0 Å². The minimum absolute atomic E-state index is 0.225. The van der Waals surface area contributed by atoms with E-state index in [-0.39, 0.29) is 6.04 Å². The first-order chi connectivity index (χ1) is 11.4. The van der Waals surface area contributed by atoms with Gasteiger partial charge in [-0.3, -0.25) is 0 Å². The minimum Gasteiger partial charge on any atom is -0.377 e. The molecule has 5 heteroatoms. The van der Waals surface area contributed by atoms with Gasteiger partial charge in [0.1, 0.15) is 0 Å². The maximum Gasteiger partial charge on any atom is 0.175 e. The molecule has 24 heavy (non-hydrogen) atoms. The van der Waals surface area contributed by atoms with Gasteiger partial charge < -0.3 is 10.1 Å². The van der Waals surface area contributed by atoms with Crippen LogP contribution in [0, 0.1) is 11.3 Å². The molecule has 1 aliphatic heterocycles. The lowest BCUT2D eigenvalue weighted by Gasteiger charge is -2.57. The van der Waals surface area contributed by atoms with Crippen LogP contribution in [0.5, 0.6) is 0 Å². The summed E-state index contributed by atoms with van der Waals surface area (Å²) in [7, 11) is -3.13. The maximum absolute atomic E-state index is 11.6. The zero-order chi connectivity index (χ0) is 16.9. The Hall–Kier alpha value is -0.910. The third-order valence-electron chi connectivity index (χ3n) is 6.52. The van der Waals surface area contributed by atoms with Crippen LogP contribution in [0.25, 0.3) is 0 Å². The van der Waals surface area contributed by atoms with Gasteiger partial charge in [0, 0.05) is 36.3 Å². The van der Waals surface area contributed by atoms with Crippen molar-refractivity contribution in [3.05, 3.63) is 29.8 Å². The minimum atomic E-state index is -3.13. The van der Waals surface area contributed by atoms with E-state index in [1.54, 1.807) is 12.1 Å². The van der Waals surface area contributed by atoms with Gasteiger partial charge in [-0.1, -0.05) is 25.0 Å². The molecular weight excluding hydrogens is 322 g/mol. The van der Waals surface area contributed by atoms with E-state index < -0.39 is 9.84 Å². The van der Waals surface area contributed by atoms with Crippen molar-refractivity contribution < 1.29 is 13.2 Å². The smallest absolute Gasteiger partial charge is 0.175 e. The van der Waals surface area contributed by atoms with Gasteiger partial charge in [-0.15, -0.1) is 0 Å². The van der Waals surface area contributed by atoms with Crippen molar-refractivity contribution in [1.82, 2.24) is 5.32 Å². The van der Waals surface area contributed by atoms with E-state index in [1.165, 1.54) is 38.4 Å². The van der Waals surface area contributed by atoms with E-state index in [9.17, 15) is 8.42 Å². The summed E-state index contributed by atoms with van der Waals surface area (Å²) in [5.41, 5.74) is 1.50. The van der Waals surface area contributed by atoms with Crippen molar-refractivity contribution in [2.75, 3.05) is 12.9 Å². The van der Waals surface area contributed by atoms with Crippen molar-refractivity contribution >= 4 is 9.84 Å². The third kappa shape index (κ3) is 2.52. The molecule has 2 aliphatic carbocycles. The third-order valence-corrected chi connectivity index (χ3v) is 7.65. The zero-order valence-corrected chi connectivity index (χ0v) is 15.3. The van der Waals surface area contributed by atoms with E-state index in [4.69, 9.17) is 4.74 Å². The number of sulfone groups is 1. The molecule has 2 saturated carbocycles. The van der Waals surface area contributed by atoms with Crippen molar-refractivity contribution in [2.24, 2.45) is 11.3 Å². The Morgan fingerprint density at radius 3 is 2.50 bits per heavy atom. The lowest BCUT2D eigenvalue weighted by atomic mass is 9.54. The monoisotopic (exact) mass is 349 g/mol. The highest BCUT2D eigenvalue weighted by molar-refractivity contribution is 7.90. The molecule has 1 N–H and O–H groups in total. The van der Waals surface area contributed by atoms with Crippen LogP contribution in [0.1, 0.15) is 50.6 Å². The lowest BCUT2D eigenvalue weighted by molar-refractivity contribution is -0.132. The van der Waals surface area contributed by atoms with Crippen molar-refractivity contribution in [3.63, 3.8) is 0 Å². The van der Waals surface area contributed by atoms with E-state index >= 15 is 0 Å². The average molecular weight is 349 g/mol. The Bertz CT molecular complexity index is 707. The van der Waals surface area contributed by atoms with Gasteiger partial charge in [0.25, 0.3) is 0 Å². The molecule has 0 aromatic heterocycles. The van der Waals surface area contributed by atoms with Crippen LogP contribution in [0.3, 0.4) is 0 Å². The van der Waals surface area contributed by atoms with Gasteiger partial charge in [-0.2, -0.15) is 0 Å². The number of rotatable bonds is 4. The Morgan fingerprint density at radius 2 is 1.88 bits per heavy atom. The number of fused-ring (bicyclic) bond motifs is 2. The fourth-order valence-corrected chi connectivity index (χ4v) is 5.94. The van der Waals surface area contributed by atoms with Crippen LogP contribution < -0.4 is 5.32 Å². The molecule has 1 heterocycles. The normalized spacial score (nSPS) is 32.5. The Balaban J connectivity index is 1.50. The topological polar surface area (TPSA) is 55.4 Å². The van der Waals surface area contributed by atoms with Crippen molar-refractivity contribution in [3.8, 4) is 0 Å². The maximum atomic E-state index is 11.6. The van der Waals surface area contributed by atoms with Crippen LogP contribution in [-0.4, -0.2) is 33.4 Å². The van der Waals surface area contributed by atoms with Crippen LogP contribution in [0.15, 0.2) is 29.2 Å². The summed E-state index contributed by atoms with van der Waals surface area (Å²) in [5.74, 6) is 0.654. The van der Waals surface area contributed by atoms with Gasteiger partial charge in [-0.05, 0) is 43.9 Å². The fraction of sp³-hybridized carbons (Fsp3) is 0.684. The largest absolute Gasteiger partial charge is 0.377 e. The number of nitrogens with one attached hydrogen (secondary N) is 1. The molecule has 4 nitrogen and oxygen atoms in total. The average Bonchev–Trinajstić information content (AvgIpc) is 3.20. The standard InChI is InChI=1S/C19H27NO3S/c1-13(14-5-7-15(8-6-14)24(2,21)22)20-17-16-9-12-23-18(16)19(17)10-3-4-11-19/h5-8,13,16-18,20H,3-4,9-12H2,1-2H3/t13-,16-,17+,18-/m0/s1. The molecule has 0 unspecified atom stereocenters. The lowest BCUT2D eigenvalue weighted by Crippen LogP contribution is -2.67. The first-order valence-corrected chi connectivity index (χ1v) is 11.0. The van der Waals surface area contributed by atoms with Gasteiger partial charge in [0.2, 0.25) is 0 Å². The highest BCUT2D eigenvalue weighted by Crippen LogP contribution is 2.61. The van der Waals surface area contributed by atoms with Crippen LogP contribution in [0.2, 0.25) is 0 Å². The Kier molecular flexibility index (Phi) is 4.01. The van der Waals surface area contributed by atoms with Gasteiger partial charge in [-0.25, -0.2) is 8.42 Å². The van der Waals surface area contributed by atoms with Crippen LogP contribution in [-0.2, 0) is 14.6 Å². The van der Waals surface area contributed by atoms with E-state index in [0.29, 0.717) is 28.4 Å². The highest BCUT2D eigenvalue weighted by Gasteiger charge is 2.64. The van der Waals surface area contributed by atoms with Crippen LogP contribution in [0.4, 0.5) is 0 Å². The SMILES string of the molecule is C[C@H](N[C@@H]1[C@@H]2CCO[C@@H]2C12CCCC2)c1ccc(S(C)(=O)=O)cc1. The molecule has 0 bridgehead atoms. The van der Waals surface area contributed by atoms with E-state index in [1.807, 2.05) is 12.1 Å². The number of benzene rings is 1. The fourth-order valence-electron chi connectivity index (χ4n) is 5.31. The second kappa shape index (κ2) is 5.82. The predicted molar refractivity (Wildman–Crippen MR) is 93.6 cm³/mol. The van der Waals surface area contributed by atoms with Gasteiger partial charge in [0.05, 0.1) is 11.0 Å². The molecule has 1 aromatic rings. The quantitative estimate of drug-likeness (QED) is 0.907. The summed E-state index contributed by atoms with van der Waals surface area (Å²) >= 11 is 0. The summed E-state index contributed by atoms with van der Waals surface area (Å²) in [6, 6.07) is 8.08. The molecule has 4 rings (SSSR count). The molecule has 4 atom stereocenters. The van der Waals surface area contributed by atoms with Gasteiger partial charge >= 0.3 is 0 Å². The Labute approximate surface area is 144 Å². The van der Waals surface area contributed by atoms with E-state index in [2.05, 4.69) is 12.2 Å². The molecule has 3 aliphatic rings. The van der Waals surface area contributed by atoms with Crippen molar-refractivity contribution in [2.45, 2.75) is 62.1 Å². The zero-order valence-electron chi connectivity index (χ0n) is 14.5. The molecule has 1 spiro atoms. The summed E-state index contributed by atoms with van der Waals surface area (Å²) < 4.78 is 29.3. The molecule has 1 saturated heterocycles. The second-order valence-corrected chi connectivity index (χ2v) is 9.91. The first-order valence-electron chi connectivity index (χ1n) is 9.09. The summed E-state index contributed by atoms with van der Waals surface area (Å²) in [4.78, 5) is 0.388. The van der Waals surface area contributed by atoms with E-state index in [0.717, 1.165) is 12.2 Å². The summed E-state index contributed by atoms with van der Waals surface area (Å²) in [6.45, 7) is 3.09. The van der Waals surface area contributed by atoms with Gasteiger partial charge in [0.15, 0.2) is 9.84 Å². The molecular formula is C19H27NO3S. The molecule has 3 fully saturated rings. The molecule has 0 radical (unpaired) electrons. The summed E-state index contributed by atoms with van der Waals surface area (Å²) in [5, 5.41) is 3.87. The number of hydrogen-bond acceptors (Lipinski definition) is 4.